The number of aromatic nitrogens is 4. The molecule has 218 valence electrons. The molecule has 11 heteroatoms. The summed E-state index contributed by atoms with van der Waals surface area (Å²) in [5.41, 5.74) is 6.04. The van der Waals surface area contributed by atoms with Crippen molar-refractivity contribution in [1.29, 1.82) is 5.41 Å². The average Bonchev–Trinajstić information content (AvgIpc) is 3.64. The average molecular weight is 569 g/mol. The van der Waals surface area contributed by atoms with Gasteiger partial charge in [0.25, 0.3) is 5.91 Å². The fourth-order valence-corrected chi connectivity index (χ4v) is 6.06. The van der Waals surface area contributed by atoms with E-state index in [0.717, 1.165) is 53.8 Å². The summed E-state index contributed by atoms with van der Waals surface area (Å²) in [6.45, 7) is 8.11. The molecule has 4 aromatic heterocycles. The van der Waals surface area contributed by atoms with Crippen LogP contribution in [-0.2, 0) is 11.8 Å². The Hall–Kier alpha value is -4.51. The van der Waals surface area contributed by atoms with Gasteiger partial charge in [0, 0.05) is 68.5 Å². The first-order valence-electron chi connectivity index (χ1n) is 14.3. The molecule has 2 aliphatic rings. The van der Waals surface area contributed by atoms with Gasteiger partial charge in [0.05, 0.1) is 42.8 Å². The van der Waals surface area contributed by atoms with Crippen molar-refractivity contribution in [2.24, 2.45) is 7.05 Å². The monoisotopic (exact) mass is 568 g/mol. The number of hydrogen-bond acceptors (Lipinski definition) is 9. The molecule has 2 saturated heterocycles. The molecule has 2 aliphatic heterocycles. The number of aryl methyl sites for hydroxylation is 3. The molecule has 0 aliphatic carbocycles. The first-order valence-corrected chi connectivity index (χ1v) is 14.3. The van der Waals surface area contributed by atoms with Crippen LogP contribution in [0.5, 0.6) is 5.75 Å². The minimum Gasteiger partial charge on any atom is -0.496 e. The van der Waals surface area contributed by atoms with Crippen LogP contribution in [0, 0.1) is 19.3 Å². The minimum atomic E-state index is 0.0667. The predicted octanol–water partition coefficient (Wildman–Crippen LogP) is 4.47. The Balaban J connectivity index is 1.50. The highest BCUT2D eigenvalue weighted by Gasteiger charge is 2.29. The van der Waals surface area contributed by atoms with Crippen LogP contribution in [0.3, 0.4) is 0 Å². The van der Waals surface area contributed by atoms with E-state index in [2.05, 4.69) is 15.2 Å². The highest BCUT2D eigenvalue weighted by atomic mass is 16.5. The molecule has 0 saturated carbocycles. The number of rotatable bonds is 7. The second-order valence-corrected chi connectivity index (χ2v) is 10.8. The Morgan fingerprint density at radius 2 is 1.88 bits per heavy atom. The molecule has 6 heterocycles. The van der Waals surface area contributed by atoms with E-state index in [-0.39, 0.29) is 5.91 Å². The van der Waals surface area contributed by atoms with Crippen molar-refractivity contribution < 1.29 is 14.3 Å². The number of anilines is 3. The Kier molecular flexibility index (Phi) is 7.51. The first-order chi connectivity index (χ1) is 20.4. The number of carbonyl (C=O) groups excluding carboxylic acids is 1. The van der Waals surface area contributed by atoms with E-state index in [9.17, 15) is 4.79 Å². The highest BCUT2D eigenvalue weighted by molar-refractivity contribution is 6.05. The summed E-state index contributed by atoms with van der Waals surface area (Å²) in [4.78, 5) is 32.0. The first kappa shape index (κ1) is 27.6. The summed E-state index contributed by atoms with van der Waals surface area (Å²) < 4.78 is 13.2. The lowest BCUT2D eigenvalue weighted by atomic mass is 10.1. The van der Waals surface area contributed by atoms with Crippen molar-refractivity contribution in [2.45, 2.75) is 26.7 Å². The van der Waals surface area contributed by atoms with Gasteiger partial charge in [-0.1, -0.05) is 0 Å². The van der Waals surface area contributed by atoms with Crippen molar-refractivity contribution in [3.63, 3.8) is 0 Å². The predicted molar refractivity (Wildman–Crippen MR) is 164 cm³/mol. The molecule has 2 fully saturated rings. The van der Waals surface area contributed by atoms with E-state index in [0.29, 0.717) is 66.2 Å². The fraction of sp³-hybridized carbons (Fsp3) is 0.387. The molecular formula is C31H36N8O3. The van der Waals surface area contributed by atoms with Gasteiger partial charge >= 0.3 is 0 Å². The third-order valence-corrected chi connectivity index (χ3v) is 8.24. The number of nitrogens with zero attached hydrogens (tertiary/aromatic N) is 6. The van der Waals surface area contributed by atoms with Crippen molar-refractivity contribution in [1.82, 2.24) is 24.4 Å². The summed E-state index contributed by atoms with van der Waals surface area (Å²) in [6.07, 6.45) is 6.78. The zero-order valence-electron chi connectivity index (χ0n) is 24.5. The van der Waals surface area contributed by atoms with E-state index < -0.39 is 0 Å². The number of morpholine rings is 1. The van der Waals surface area contributed by atoms with Gasteiger partial charge in [0.2, 0.25) is 0 Å². The molecule has 0 unspecified atom stereocenters. The zero-order valence-corrected chi connectivity index (χ0v) is 24.5. The van der Waals surface area contributed by atoms with Crippen molar-refractivity contribution in [2.75, 3.05) is 56.7 Å². The summed E-state index contributed by atoms with van der Waals surface area (Å²) >= 11 is 0. The van der Waals surface area contributed by atoms with E-state index >= 15 is 0 Å². The SMILES string of the molecule is COc1ccncc1-c1cc(Nc2cc3c(C)c(C(=O)N4CCCC4)n(C)c3c(N3CCOCC3)n2)c(C=N)c(C)n1. The maximum atomic E-state index is 13.7. The van der Waals surface area contributed by atoms with E-state index in [1.807, 2.05) is 42.5 Å². The van der Waals surface area contributed by atoms with Crippen molar-refractivity contribution >= 4 is 40.3 Å². The number of fused-ring (bicyclic) bond motifs is 1. The number of amides is 1. The third-order valence-electron chi connectivity index (χ3n) is 8.24. The van der Waals surface area contributed by atoms with Crippen molar-refractivity contribution in [3.8, 4) is 17.0 Å². The Labute approximate surface area is 245 Å². The third kappa shape index (κ3) is 4.83. The van der Waals surface area contributed by atoms with Gasteiger partial charge in [-0.05, 0) is 50.5 Å². The summed E-state index contributed by atoms with van der Waals surface area (Å²) in [6, 6.07) is 5.70. The van der Waals surface area contributed by atoms with E-state index in [1.165, 1.54) is 6.21 Å². The second kappa shape index (κ2) is 11.4. The number of hydrogen-bond donors (Lipinski definition) is 2. The van der Waals surface area contributed by atoms with Crippen LogP contribution in [0.4, 0.5) is 17.3 Å². The Bertz CT molecular complexity index is 1670. The van der Waals surface area contributed by atoms with E-state index in [4.69, 9.17) is 24.9 Å². The molecule has 6 rings (SSSR count). The summed E-state index contributed by atoms with van der Waals surface area (Å²) in [5, 5.41) is 12.6. The molecule has 0 spiro atoms. The maximum absolute atomic E-state index is 13.7. The number of likely N-dealkylation sites (tertiary alicyclic amines) is 1. The van der Waals surface area contributed by atoms with Gasteiger partial charge < -0.3 is 34.6 Å². The lowest BCUT2D eigenvalue weighted by Crippen LogP contribution is -2.37. The number of ether oxygens (including phenoxy) is 2. The quantitative estimate of drug-likeness (QED) is 0.313. The van der Waals surface area contributed by atoms with Crippen LogP contribution in [-0.4, -0.2) is 83.0 Å². The standard InChI is InChI=1S/C31H36N8O3/c1-19-21-15-27(35-24-16-25(34-20(2)22(24)17-32)23-18-33-8-7-26(23)41-4)36-30(38-11-13-42-14-12-38)29(21)37(3)28(19)31(40)39-9-5-6-10-39/h7-8,15-18,32H,5-6,9-14H2,1-4H3,(H,34,35,36). The van der Waals surface area contributed by atoms with Gasteiger partial charge in [-0.25, -0.2) is 4.98 Å². The van der Waals surface area contributed by atoms with Crippen LogP contribution < -0.4 is 15.0 Å². The Morgan fingerprint density at radius 3 is 2.60 bits per heavy atom. The number of carbonyl (C=O) groups is 1. The van der Waals surface area contributed by atoms with Crippen LogP contribution in [0.15, 0.2) is 30.6 Å². The molecule has 0 aromatic carbocycles. The molecule has 4 aromatic rings. The van der Waals surface area contributed by atoms with E-state index in [1.54, 1.807) is 25.6 Å². The molecule has 2 N–H and O–H groups in total. The van der Waals surface area contributed by atoms with Gasteiger partial charge in [0.1, 0.15) is 17.3 Å². The topological polar surface area (TPSA) is 121 Å². The molecule has 0 atom stereocenters. The molecule has 0 bridgehead atoms. The van der Waals surface area contributed by atoms with Crippen LogP contribution in [0.1, 0.15) is 40.2 Å². The number of pyridine rings is 3. The normalized spacial score (nSPS) is 15.3. The van der Waals surface area contributed by atoms with Crippen LogP contribution in [0.2, 0.25) is 0 Å². The summed E-state index contributed by atoms with van der Waals surface area (Å²) in [7, 11) is 3.58. The van der Waals surface area contributed by atoms with Crippen LogP contribution >= 0.6 is 0 Å². The lowest BCUT2D eigenvalue weighted by molar-refractivity contribution is 0.0783. The Morgan fingerprint density at radius 1 is 1.12 bits per heavy atom. The fourth-order valence-electron chi connectivity index (χ4n) is 6.06. The molecule has 1 amide bonds. The number of nitrogens with one attached hydrogen (secondary N) is 2. The van der Waals surface area contributed by atoms with Gasteiger partial charge in [-0.2, -0.15) is 0 Å². The summed E-state index contributed by atoms with van der Waals surface area (Å²) in [5.74, 6) is 2.16. The minimum absolute atomic E-state index is 0.0667. The number of methoxy groups -OCH3 is 1. The smallest absolute Gasteiger partial charge is 0.270 e. The van der Waals surface area contributed by atoms with Gasteiger partial charge in [-0.3, -0.25) is 14.8 Å². The molecule has 42 heavy (non-hydrogen) atoms. The van der Waals surface area contributed by atoms with Crippen LogP contribution in [0.25, 0.3) is 22.2 Å². The van der Waals surface area contributed by atoms with Crippen molar-refractivity contribution in [3.05, 3.63) is 53.1 Å². The molecular weight excluding hydrogens is 532 g/mol. The molecule has 0 radical (unpaired) electrons. The largest absolute Gasteiger partial charge is 0.496 e. The maximum Gasteiger partial charge on any atom is 0.270 e. The molecule has 11 nitrogen and oxygen atoms in total. The zero-order chi connectivity index (χ0) is 29.4. The lowest BCUT2D eigenvalue weighted by Gasteiger charge is -2.29. The highest BCUT2D eigenvalue weighted by Crippen LogP contribution is 2.37. The van der Waals surface area contributed by atoms with Gasteiger partial charge in [-0.15, -0.1) is 0 Å². The van der Waals surface area contributed by atoms with Gasteiger partial charge in [0.15, 0.2) is 5.82 Å². The second-order valence-electron chi connectivity index (χ2n) is 10.8.